The molecule has 0 aliphatic carbocycles. The van der Waals surface area contributed by atoms with Crippen molar-refractivity contribution in [2.75, 3.05) is 6.61 Å². The van der Waals surface area contributed by atoms with Crippen LogP contribution in [0, 0.1) is 5.92 Å². The molecule has 64 valence electrons. The van der Waals surface area contributed by atoms with Crippen molar-refractivity contribution in [3.05, 3.63) is 0 Å². The van der Waals surface area contributed by atoms with Crippen LogP contribution in [0.2, 0.25) is 0 Å². The van der Waals surface area contributed by atoms with E-state index in [1.807, 2.05) is 13.8 Å². The van der Waals surface area contributed by atoms with Crippen LogP contribution >= 0.6 is 0 Å². The molecule has 1 amide bonds. The van der Waals surface area contributed by atoms with Crippen molar-refractivity contribution in [3.63, 3.8) is 0 Å². The average molecular weight is 159 g/mol. The van der Waals surface area contributed by atoms with Crippen LogP contribution in [0.1, 0.15) is 13.8 Å². The first-order valence-electron chi connectivity index (χ1n) is 3.44. The molecule has 1 unspecified atom stereocenters. The lowest BCUT2D eigenvalue weighted by Crippen LogP contribution is -2.33. The third-order valence-corrected chi connectivity index (χ3v) is 1.01. The number of rotatable bonds is 5. The number of aldehydes is 1. The van der Waals surface area contributed by atoms with E-state index in [1.54, 1.807) is 0 Å². The van der Waals surface area contributed by atoms with E-state index in [4.69, 9.17) is 10.5 Å². The summed E-state index contributed by atoms with van der Waals surface area (Å²) in [6.07, 6.45) is -0.678. The van der Waals surface area contributed by atoms with Crippen molar-refractivity contribution < 1.29 is 14.3 Å². The number of primary amides is 1. The molecule has 0 aliphatic heterocycles. The lowest BCUT2D eigenvalue weighted by atomic mass is 10.2. The zero-order chi connectivity index (χ0) is 8.85. The quantitative estimate of drug-likeness (QED) is 0.442. The van der Waals surface area contributed by atoms with Crippen LogP contribution < -0.4 is 5.73 Å². The van der Waals surface area contributed by atoms with E-state index in [9.17, 15) is 9.59 Å². The van der Waals surface area contributed by atoms with Gasteiger partial charge in [0.2, 0.25) is 0 Å². The highest BCUT2D eigenvalue weighted by Gasteiger charge is 2.14. The Labute approximate surface area is 65.7 Å². The molecule has 0 aromatic heterocycles. The van der Waals surface area contributed by atoms with Gasteiger partial charge in [-0.1, -0.05) is 13.8 Å². The van der Waals surface area contributed by atoms with E-state index in [-0.39, 0.29) is 5.92 Å². The van der Waals surface area contributed by atoms with E-state index in [0.717, 1.165) is 0 Å². The summed E-state index contributed by atoms with van der Waals surface area (Å²) < 4.78 is 4.87. The van der Waals surface area contributed by atoms with Gasteiger partial charge in [-0.2, -0.15) is 0 Å². The largest absolute Gasteiger partial charge is 0.367 e. The van der Waals surface area contributed by atoms with Crippen LogP contribution in [0.4, 0.5) is 0 Å². The van der Waals surface area contributed by atoms with Gasteiger partial charge >= 0.3 is 0 Å². The van der Waals surface area contributed by atoms with Crippen LogP contribution in [-0.4, -0.2) is 24.9 Å². The Balaban J connectivity index is 3.70. The number of amides is 1. The predicted octanol–water partition coefficient (Wildman–Crippen LogP) is -0.288. The van der Waals surface area contributed by atoms with Gasteiger partial charge < -0.3 is 10.5 Å². The normalized spacial score (nSPS) is 13.0. The Morgan fingerprint density at radius 3 is 2.45 bits per heavy atom. The molecule has 0 aliphatic rings. The maximum Gasteiger partial charge on any atom is 0.253 e. The van der Waals surface area contributed by atoms with Crippen molar-refractivity contribution in [2.24, 2.45) is 11.7 Å². The molecular formula is C7H13NO3. The first-order valence-corrected chi connectivity index (χ1v) is 3.44. The van der Waals surface area contributed by atoms with Crippen LogP contribution in [0.25, 0.3) is 0 Å². The number of hydrogen-bond donors (Lipinski definition) is 1. The van der Waals surface area contributed by atoms with Gasteiger partial charge in [0.1, 0.15) is 0 Å². The molecule has 11 heavy (non-hydrogen) atoms. The predicted molar refractivity (Wildman–Crippen MR) is 39.8 cm³/mol. The molecule has 0 aromatic rings. The fraction of sp³-hybridized carbons (Fsp3) is 0.714. The molecule has 0 aromatic carbocycles. The summed E-state index contributed by atoms with van der Waals surface area (Å²) in [5, 5.41) is 0. The zero-order valence-electron chi connectivity index (χ0n) is 6.74. The molecule has 0 saturated carbocycles. The Morgan fingerprint density at radius 2 is 2.18 bits per heavy atom. The van der Waals surface area contributed by atoms with E-state index in [2.05, 4.69) is 0 Å². The smallest absolute Gasteiger partial charge is 0.253 e. The number of nitrogens with two attached hydrogens (primary N) is 1. The molecule has 0 rings (SSSR count). The molecule has 0 radical (unpaired) electrons. The SMILES string of the molecule is CC(C)COC(C=O)C(N)=O. The fourth-order valence-electron chi connectivity index (χ4n) is 0.485. The number of ether oxygens (including phenoxy) is 1. The molecule has 0 spiro atoms. The lowest BCUT2D eigenvalue weighted by molar-refractivity contribution is -0.136. The molecule has 2 N–H and O–H groups in total. The van der Waals surface area contributed by atoms with Gasteiger partial charge in [-0.05, 0) is 5.92 Å². The first kappa shape index (κ1) is 10.1. The molecule has 4 nitrogen and oxygen atoms in total. The second-order valence-corrected chi connectivity index (χ2v) is 2.69. The Bertz CT molecular complexity index is 145. The summed E-state index contributed by atoms with van der Waals surface area (Å²) in [6.45, 7) is 4.21. The summed E-state index contributed by atoms with van der Waals surface area (Å²) >= 11 is 0. The monoisotopic (exact) mass is 159 g/mol. The maximum absolute atomic E-state index is 10.4. The number of carbonyl (C=O) groups is 2. The second kappa shape index (κ2) is 4.85. The van der Waals surface area contributed by atoms with Gasteiger partial charge in [-0.3, -0.25) is 9.59 Å². The van der Waals surface area contributed by atoms with Crippen LogP contribution in [0.15, 0.2) is 0 Å². The van der Waals surface area contributed by atoms with Crippen molar-refractivity contribution >= 4 is 12.2 Å². The fourth-order valence-corrected chi connectivity index (χ4v) is 0.485. The summed E-state index contributed by atoms with van der Waals surface area (Å²) in [7, 11) is 0. The summed E-state index contributed by atoms with van der Waals surface area (Å²) in [5.74, 6) is -0.447. The third kappa shape index (κ3) is 4.50. The van der Waals surface area contributed by atoms with Crippen molar-refractivity contribution in [1.29, 1.82) is 0 Å². The van der Waals surface area contributed by atoms with Gasteiger partial charge in [0.15, 0.2) is 12.4 Å². The molecule has 0 fully saturated rings. The van der Waals surface area contributed by atoms with Gasteiger partial charge in [-0.15, -0.1) is 0 Å². The van der Waals surface area contributed by atoms with E-state index in [1.165, 1.54) is 0 Å². The topological polar surface area (TPSA) is 69.4 Å². The van der Waals surface area contributed by atoms with E-state index in [0.29, 0.717) is 12.9 Å². The minimum atomic E-state index is -1.09. The molecule has 4 heteroatoms. The van der Waals surface area contributed by atoms with E-state index < -0.39 is 12.0 Å². The summed E-state index contributed by atoms with van der Waals surface area (Å²) in [6, 6.07) is 0. The highest BCUT2D eigenvalue weighted by molar-refractivity contribution is 5.93. The Morgan fingerprint density at radius 1 is 1.64 bits per heavy atom. The van der Waals surface area contributed by atoms with Gasteiger partial charge in [0.05, 0.1) is 6.61 Å². The van der Waals surface area contributed by atoms with Gasteiger partial charge in [-0.25, -0.2) is 0 Å². The van der Waals surface area contributed by atoms with Gasteiger partial charge in [0, 0.05) is 0 Å². The maximum atomic E-state index is 10.4. The van der Waals surface area contributed by atoms with Crippen LogP contribution in [0.3, 0.4) is 0 Å². The van der Waals surface area contributed by atoms with Crippen LogP contribution in [-0.2, 0) is 14.3 Å². The molecular weight excluding hydrogens is 146 g/mol. The first-order chi connectivity index (χ1) is 5.07. The third-order valence-electron chi connectivity index (χ3n) is 1.01. The minimum absolute atomic E-state index is 0.289. The average Bonchev–Trinajstić information content (AvgIpc) is 1.87. The highest BCUT2D eigenvalue weighted by atomic mass is 16.5. The lowest BCUT2D eigenvalue weighted by Gasteiger charge is -2.09. The van der Waals surface area contributed by atoms with Crippen molar-refractivity contribution in [1.82, 2.24) is 0 Å². The van der Waals surface area contributed by atoms with E-state index >= 15 is 0 Å². The standard InChI is InChI=1S/C7H13NO3/c1-5(2)4-11-6(3-9)7(8)10/h3,5-6H,4H2,1-2H3,(H2,8,10). The summed E-state index contributed by atoms with van der Waals surface area (Å²) in [4.78, 5) is 20.5. The second-order valence-electron chi connectivity index (χ2n) is 2.69. The van der Waals surface area contributed by atoms with Gasteiger partial charge in [0.25, 0.3) is 5.91 Å². The number of carbonyl (C=O) groups excluding carboxylic acids is 2. The summed E-state index contributed by atoms with van der Waals surface area (Å²) in [5.41, 5.74) is 4.84. The van der Waals surface area contributed by atoms with Crippen LogP contribution in [0.5, 0.6) is 0 Å². The van der Waals surface area contributed by atoms with Crippen molar-refractivity contribution in [3.8, 4) is 0 Å². The van der Waals surface area contributed by atoms with Crippen molar-refractivity contribution in [2.45, 2.75) is 20.0 Å². The molecule has 0 saturated heterocycles. The zero-order valence-corrected chi connectivity index (χ0v) is 6.74. The Hall–Kier alpha value is -0.900. The highest BCUT2D eigenvalue weighted by Crippen LogP contribution is 1.95. The minimum Gasteiger partial charge on any atom is -0.367 e. The molecule has 1 atom stereocenters. The number of hydrogen-bond acceptors (Lipinski definition) is 3. The molecule has 0 bridgehead atoms. The Kier molecular flexibility index (Phi) is 4.45. The molecule has 0 heterocycles.